The molecule has 0 saturated heterocycles. The van der Waals surface area contributed by atoms with E-state index < -0.39 is 9.84 Å². The Morgan fingerprint density at radius 3 is 2.57 bits per heavy atom. The lowest BCUT2D eigenvalue weighted by Crippen LogP contribution is -2.03. The Labute approximate surface area is 122 Å². The molecular formula is C16H13NO3S. The average Bonchev–Trinajstić information content (AvgIpc) is 2.54. The summed E-state index contributed by atoms with van der Waals surface area (Å²) < 4.78 is 30.4. The van der Waals surface area contributed by atoms with Crippen molar-refractivity contribution in [2.75, 3.05) is 7.11 Å². The summed E-state index contributed by atoms with van der Waals surface area (Å²) in [6, 6.07) is 15.5. The Bertz CT molecular complexity index is 904. The highest BCUT2D eigenvalue weighted by Gasteiger charge is 2.19. The minimum Gasteiger partial charge on any atom is -0.497 e. The maximum absolute atomic E-state index is 12.7. The summed E-state index contributed by atoms with van der Waals surface area (Å²) in [6.07, 6.45) is 1.39. The number of ether oxygens (including phenoxy) is 1. The predicted octanol–water partition coefficient (Wildman–Crippen LogP) is 3.08. The zero-order valence-electron chi connectivity index (χ0n) is 11.4. The molecule has 0 saturated carbocycles. The molecule has 21 heavy (non-hydrogen) atoms. The van der Waals surface area contributed by atoms with Gasteiger partial charge >= 0.3 is 0 Å². The van der Waals surface area contributed by atoms with Crippen molar-refractivity contribution in [3.63, 3.8) is 0 Å². The minimum atomic E-state index is -3.61. The Balaban J connectivity index is 2.15. The van der Waals surface area contributed by atoms with Gasteiger partial charge in [-0.05, 0) is 30.3 Å². The molecule has 0 spiro atoms. The van der Waals surface area contributed by atoms with Crippen LogP contribution in [0.2, 0.25) is 0 Å². The molecule has 0 amide bonds. The van der Waals surface area contributed by atoms with E-state index in [0.29, 0.717) is 5.75 Å². The van der Waals surface area contributed by atoms with Crippen LogP contribution in [0.3, 0.4) is 0 Å². The van der Waals surface area contributed by atoms with Crippen molar-refractivity contribution in [3.05, 3.63) is 60.8 Å². The van der Waals surface area contributed by atoms with Gasteiger partial charge in [-0.2, -0.15) is 0 Å². The van der Waals surface area contributed by atoms with Gasteiger partial charge in [0.05, 0.1) is 22.4 Å². The van der Waals surface area contributed by atoms with Crippen molar-refractivity contribution in [3.8, 4) is 5.75 Å². The first-order chi connectivity index (χ1) is 10.1. The number of aromatic nitrogens is 1. The van der Waals surface area contributed by atoms with Gasteiger partial charge < -0.3 is 4.74 Å². The lowest BCUT2D eigenvalue weighted by Gasteiger charge is -2.07. The first-order valence-electron chi connectivity index (χ1n) is 6.35. The fraction of sp³-hybridized carbons (Fsp3) is 0.0625. The van der Waals surface area contributed by atoms with E-state index in [9.17, 15) is 8.42 Å². The van der Waals surface area contributed by atoms with Crippen LogP contribution in [-0.4, -0.2) is 20.5 Å². The molecule has 0 aliphatic rings. The Morgan fingerprint density at radius 2 is 1.76 bits per heavy atom. The van der Waals surface area contributed by atoms with Crippen LogP contribution in [0, 0.1) is 0 Å². The van der Waals surface area contributed by atoms with Crippen molar-refractivity contribution in [1.29, 1.82) is 0 Å². The third-order valence-corrected chi connectivity index (χ3v) is 4.95. The second-order valence-electron chi connectivity index (χ2n) is 4.55. The second-order valence-corrected chi connectivity index (χ2v) is 6.50. The minimum absolute atomic E-state index is 0.175. The zero-order chi connectivity index (χ0) is 14.9. The molecule has 3 rings (SSSR count). The molecule has 0 atom stereocenters. The van der Waals surface area contributed by atoms with Gasteiger partial charge in [0.25, 0.3) is 0 Å². The topological polar surface area (TPSA) is 56.3 Å². The van der Waals surface area contributed by atoms with Crippen molar-refractivity contribution in [2.24, 2.45) is 0 Å². The highest BCUT2D eigenvalue weighted by atomic mass is 32.2. The van der Waals surface area contributed by atoms with Crippen molar-refractivity contribution >= 4 is 20.7 Å². The maximum atomic E-state index is 12.7. The predicted molar refractivity (Wildman–Crippen MR) is 80.2 cm³/mol. The van der Waals surface area contributed by atoms with Crippen LogP contribution in [0.5, 0.6) is 5.75 Å². The number of fused-ring (bicyclic) bond motifs is 1. The number of para-hydroxylation sites is 1. The molecule has 0 bridgehead atoms. The summed E-state index contributed by atoms with van der Waals surface area (Å²) in [6.45, 7) is 0. The number of rotatable bonds is 3. The third-order valence-electron chi connectivity index (χ3n) is 3.23. The fourth-order valence-corrected chi connectivity index (χ4v) is 3.38. The van der Waals surface area contributed by atoms with E-state index in [-0.39, 0.29) is 9.79 Å². The summed E-state index contributed by atoms with van der Waals surface area (Å²) >= 11 is 0. The monoisotopic (exact) mass is 299 g/mol. The summed E-state index contributed by atoms with van der Waals surface area (Å²) in [4.78, 5) is 4.57. The number of hydrogen-bond acceptors (Lipinski definition) is 4. The molecule has 0 radical (unpaired) electrons. The van der Waals surface area contributed by atoms with Crippen molar-refractivity contribution < 1.29 is 13.2 Å². The normalized spacial score (nSPS) is 11.5. The van der Waals surface area contributed by atoms with Gasteiger partial charge in [-0.3, -0.25) is 4.98 Å². The summed E-state index contributed by atoms with van der Waals surface area (Å²) in [5.74, 6) is 0.504. The summed E-state index contributed by atoms with van der Waals surface area (Å²) in [5, 5.41) is 0.793. The Kier molecular flexibility index (Phi) is 3.35. The number of pyridine rings is 1. The molecule has 2 aromatic carbocycles. The maximum Gasteiger partial charge on any atom is 0.208 e. The van der Waals surface area contributed by atoms with Gasteiger partial charge in [0, 0.05) is 11.6 Å². The highest BCUT2D eigenvalue weighted by molar-refractivity contribution is 7.91. The van der Waals surface area contributed by atoms with Crippen molar-refractivity contribution in [2.45, 2.75) is 9.79 Å². The molecule has 0 unspecified atom stereocenters. The van der Waals surface area contributed by atoms with Gasteiger partial charge in [-0.25, -0.2) is 8.42 Å². The SMILES string of the molecule is COc1cccc(S(=O)(=O)c2cnc3ccccc3c2)c1. The van der Waals surface area contributed by atoms with Gasteiger partial charge in [-0.15, -0.1) is 0 Å². The van der Waals surface area contributed by atoms with Crippen LogP contribution in [-0.2, 0) is 9.84 Å². The fourth-order valence-electron chi connectivity index (χ4n) is 2.10. The number of methoxy groups -OCH3 is 1. The summed E-state index contributed by atoms with van der Waals surface area (Å²) in [5.41, 5.74) is 0.766. The van der Waals surface area contributed by atoms with Crippen LogP contribution in [0.4, 0.5) is 0 Å². The molecule has 0 aliphatic heterocycles. The zero-order valence-corrected chi connectivity index (χ0v) is 12.2. The van der Waals surface area contributed by atoms with Gasteiger partial charge in [-0.1, -0.05) is 24.3 Å². The standard InChI is InChI=1S/C16H13NO3S/c1-20-13-6-4-7-14(10-13)21(18,19)15-9-12-5-2-3-8-16(12)17-11-15/h2-11H,1H3. The van der Waals surface area contributed by atoms with E-state index in [2.05, 4.69) is 4.98 Å². The largest absolute Gasteiger partial charge is 0.497 e. The molecule has 1 aromatic heterocycles. The molecule has 5 heteroatoms. The van der Waals surface area contributed by atoms with Crippen LogP contribution >= 0.6 is 0 Å². The second kappa shape index (κ2) is 5.18. The molecule has 0 N–H and O–H groups in total. The molecule has 106 valence electrons. The molecule has 3 aromatic rings. The Hall–Kier alpha value is -2.40. The molecule has 1 heterocycles. The van der Waals surface area contributed by atoms with E-state index in [0.717, 1.165) is 10.9 Å². The number of sulfone groups is 1. The van der Waals surface area contributed by atoms with Crippen LogP contribution in [0.25, 0.3) is 10.9 Å². The lowest BCUT2D eigenvalue weighted by atomic mass is 10.2. The van der Waals surface area contributed by atoms with Crippen LogP contribution in [0.15, 0.2) is 70.6 Å². The van der Waals surface area contributed by atoms with E-state index >= 15 is 0 Å². The molecule has 0 aliphatic carbocycles. The number of benzene rings is 2. The van der Waals surface area contributed by atoms with E-state index in [1.165, 1.54) is 19.4 Å². The highest BCUT2D eigenvalue weighted by Crippen LogP contribution is 2.25. The molecule has 0 fully saturated rings. The smallest absolute Gasteiger partial charge is 0.208 e. The Morgan fingerprint density at radius 1 is 0.952 bits per heavy atom. The molecular weight excluding hydrogens is 286 g/mol. The lowest BCUT2D eigenvalue weighted by molar-refractivity contribution is 0.413. The van der Waals surface area contributed by atoms with E-state index in [1.807, 2.05) is 24.3 Å². The number of hydrogen-bond donors (Lipinski definition) is 0. The first kappa shape index (κ1) is 13.6. The molecule has 4 nitrogen and oxygen atoms in total. The van der Waals surface area contributed by atoms with Gasteiger partial charge in [0.2, 0.25) is 9.84 Å². The number of nitrogens with zero attached hydrogens (tertiary/aromatic N) is 1. The van der Waals surface area contributed by atoms with Gasteiger partial charge in [0.1, 0.15) is 5.75 Å². The quantitative estimate of drug-likeness (QED) is 0.746. The van der Waals surface area contributed by atoms with Crippen LogP contribution in [0.1, 0.15) is 0 Å². The summed E-state index contributed by atoms with van der Waals surface area (Å²) in [7, 11) is -2.10. The van der Waals surface area contributed by atoms with Gasteiger partial charge in [0.15, 0.2) is 0 Å². The van der Waals surface area contributed by atoms with E-state index in [4.69, 9.17) is 4.74 Å². The van der Waals surface area contributed by atoms with E-state index in [1.54, 1.807) is 24.3 Å². The van der Waals surface area contributed by atoms with Crippen molar-refractivity contribution in [1.82, 2.24) is 4.98 Å². The average molecular weight is 299 g/mol. The first-order valence-corrected chi connectivity index (χ1v) is 7.83. The van der Waals surface area contributed by atoms with Crippen LogP contribution < -0.4 is 4.74 Å². The third kappa shape index (κ3) is 2.48.